The van der Waals surface area contributed by atoms with E-state index in [0.717, 1.165) is 25.7 Å². The van der Waals surface area contributed by atoms with E-state index >= 15 is 0 Å². The van der Waals surface area contributed by atoms with Crippen LogP contribution in [-0.4, -0.2) is 125 Å². The average Bonchev–Trinajstić information content (AvgIpc) is 3.27. The van der Waals surface area contributed by atoms with Gasteiger partial charge < -0.3 is 49.6 Å². The van der Waals surface area contributed by atoms with Crippen LogP contribution in [0, 0.1) is 0 Å². The fourth-order valence-electron chi connectivity index (χ4n) is 5.84. The van der Waals surface area contributed by atoms with E-state index in [0.29, 0.717) is 6.42 Å². The molecular weight excluding hydrogens is 616 g/mol. The Labute approximate surface area is 267 Å². The highest BCUT2D eigenvalue weighted by molar-refractivity contribution is 7.80. The maximum Gasteiger partial charge on any atom is 0.397 e. The molecule has 2 aliphatic rings. The van der Waals surface area contributed by atoms with Crippen LogP contribution in [0.25, 0.3) is 0 Å². The second-order valence-electron chi connectivity index (χ2n) is 12.2. The Hall–Kier alpha value is -0.530. The van der Waals surface area contributed by atoms with Crippen molar-refractivity contribution in [3.8, 4) is 0 Å². The lowest BCUT2D eigenvalue weighted by atomic mass is 9.99. The zero-order chi connectivity index (χ0) is 33.3. The van der Waals surface area contributed by atoms with E-state index < -0.39 is 85.0 Å². The van der Waals surface area contributed by atoms with Gasteiger partial charge in [0.2, 0.25) is 5.79 Å². The van der Waals surface area contributed by atoms with Gasteiger partial charge in [0.25, 0.3) is 0 Å². The van der Waals surface area contributed by atoms with Crippen LogP contribution in [0.5, 0.6) is 0 Å². The highest BCUT2D eigenvalue weighted by Gasteiger charge is 2.60. The molecule has 15 heteroatoms. The van der Waals surface area contributed by atoms with Gasteiger partial charge in [0.15, 0.2) is 6.29 Å². The Morgan fingerprint density at radius 1 is 0.667 bits per heavy atom. The average molecular weight is 675 g/mol. The lowest BCUT2D eigenvalue weighted by Gasteiger charge is -2.44. The molecule has 0 bridgehead atoms. The number of ether oxygens (including phenoxy) is 4. The fourth-order valence-corrected chi connectivity index (χ4v) is 6.16. The van der Waals surface area contributed by atoms with Gasteiger partial charge in [-0.15, -0.1) is 0 Å². The zero-order valence-corrected chi connectivity index (χ0v) is 27.5. The van der Waals surface area contributed by atoms with Crippen molar-refractivity contribution < 1.29 is 66.7 Å². The number of unbranched alkanes of at least 4 members (excludes halogenated alkanes) is 15. The predicted octanol–water partition coefficient (Wildman–Crippen LogP) is 1.72. The van der Waals surface area contributed by atoms with Gasteiger partial charge in [-0.2, -0.15) is 8.42 Å². The van der Waals surface area contributed by atoms with Crippen LogP contribution in [-0.2, 0) is 33.5 Å². The maximum atomic E-state index is 11.4. The number of aliphatic hydroxyl groups excluding tert-OH is 6. The summed E-state index contributed by atoms with van der Waals surface area (Å²) in [6, 6.07) is 0. The SMILES string of the molecule is CCCCCCCCCCCCCCCCCCO[C@H]1[C@H](O)[C@@H](CO)O[C@@]1(COS(=O)(=O)O)O[C@H]1O[C@H](CO)[C@@H](O)[C@H](O)[C@H]1O. The molecule has 0 aromatic rings. The molecule has 0 aliphatic carbocycles. The van der Waals surface area contributed by atoms with E-state index in [-0.39, 0.29) is 6.61 Å². The molecule has 2 fully saturated rings. The van der Waals surface area contributed by atoms with E-state index in [1.54, 1.807) is 0 Å². The van der Waals surface area contributed by atoms with E-state index in [9.17, 15) is 43.6 Å². The van der Waals surface area contributed by atoms with E-state index in [1.807, 2.05) is 0 Å². The molecule has 0 aromatic carbocycles. The summed E-state index contributed by atoms with van der Waals surface area (Å²) in [5.74, 6) is -2.36. The second kappa shape index (κ2) is 21.4. The Bertz CT molecular complexity index is 877. The minimum Gasteiger partial charge on any atom is -0.394 e. The van der Waals surface area contributed by atoms with Crippen molar-refractivity contribution in [2.75, 3.05) is 26.4 Å². The zero-order valence-electron chi connectivity index (χ0n) is 26.7. The minimum absolute atomic E-state index is 0.0906. The highest BCUT2D eigenvalue weighted by Crippen LogP contribution is 2.38. The molecule has 14 nitrogen and oxygen atoms in total. The van der Waals surface area contributed by atoms with Gasteiger partial charge in [0.1, 0.15) is 49.3 Å². The van der Waals surface area contributed by atoms with Gasteiger partial charge in [-0.05, 0) is 6.42 Å². The van der Waals surface area contributed by atoms with Gasteiger partial charge in [-0.3, -0.25) is 4.55 Å². The first-order valence-corrected chi connectivity index (χ1v) is 18.0. The summed E-state index contributed by atoms with van der Waals surface area (Å²) in [5.41, 5.74) is 0. The third kappa shape index (κ3) is 13.8. The van der Waals surface area contributed by atoms with Crippen molar-refractivity contribution >= 4 is 10.4 Å². The van der Waals surface area contributed by atoms with Gasteiger partial charge in [0, 0.05) is 6.61 Å². The smallest absolute Gasteiger partial charge is 0.394 e. The van der Waals surface area contributed by atoms with E-state index in [1.165, 1.54) is 70.6 Å². The summed E-state index contributed by atoms with van der Waals surface area (Å²) in [6.45, 7) is -0.253. The van der Waals surface area contributed by atoms with Crippen molar-refractivity contribution in [2.24, 2.45) is 0 Å². The number of aliphatic hydroxyl groups is 6. The second-order valence-corrected chi connectivity index (χ2v) is 13.3. The lowest BCUT2D eigenvalue weighted by molar-refractivity contribution is -0.384. The molecule has 0 spiro atoms. The van der Waals surface area contributed by atoms with E-state index in [4.69, 9.17) is 18.9 Å². The van der Waals surface area contributed by atoms with Gasteiger partial charge >= 0.3 is 10.4 Å². The molecule has 0 saturated carbocycles. The Morgan fingerprint density at radius 3 is 1.62 bits per heavy atom. The predicted molar refractivity (Wildman–Crippen MR) is 162 cm³/mol. The van der Waals surface area contributed by atoms with Crippen molar-refractivity contribution in [3.05, 3.63) is 0 Å². The van der Waals surface area contributed by atoms with Crippen LogP contribution < -0.4 is 0 Å². The molecule has 2 rings (SSSR count). The molecule has 9 atom stereocenters. The largest absolute Gasteiger partial charge is 0.397 e. The molecule has 268 valence electrons. The summed E-state index contributed by atoms with van der Waals surface area (Å²) in [7, 11) is -5.05. The molecule has 0 aromatic heterocycles. The first kappa shape index (κ1) is 40.6. The molecule has 2 aliphatic heterocycles. The molecule has 0 amide bonds. The minimum atomic E-state index is -5.05. The topological polar surface area (TPSA) is 222 Å². The van der Waals surface area contributed by atoms with Crippen molar-refractivity contribution in [3.63, 3.8) is 0 Å². The number of hydrogen-bond acceptors (Lipinski definition) is 13. The summed E-state index contributed by atoms with van der Waals surface area (Å²) in [6.07, 6.45) is 5.99. The monoisotopic (exact) mass is 674 g/mol. The Balaban J connectivity index is 1.82. The van der Waals surface area contributed by atoms with Crippen LogP contribution >= 0.6 is 0 Å². The molecule has 2 saturated heterocycles. The van der Waals surface area contributed by atoms with Gasteiger partial charge in [0.05, 0.1) is 13.2 Å². The molecule has 2 heterocycles. The molecule has 0 radical (unpaired) electrons. The van der Waals surface area contributed by atoms with Crippen LogP contribution in [0.1, 0.15) is 110 Å². The first-order valence-electron chi connectivity index (χ1n) is 16.7. The van der Waals surface area contributed by atoms with Crippen molar-refractivity contribution in [1.29, 1.82) is 0 Å². The maximum absolute atomic E-state index is 11.4. The van der Waals surface area contributed by atoms with Gasteiger partial charge in [-0.25, -0.2) is 4.18 Å². The third-order valence-corrected chi connectivity index (χ3v) is 8.94. The lowest BCUT2D eigenvalue weighted by Crippen LogP contribution is -2.63. The standard InChI is InChI=1S/C30H58O14S/c1-2-3-4-5-6-7-8-9-10-11-12-13-14-15-16-17-18-40-28-25(34)23(20-32)43-30(28,21-41-45(37,38)39)44-29-27(36)26(35)24(33)22(19-31)42-29/h22-29,31-36H,2-21H2,1H3,(H,37,38,39)/t22-,23-,24-,25-,26+,27-,28+,29-,30+/m1/s1. The Kier molecular flexibility index (Phi) is 19.4. The summed E-state index contributed by atoms with van der Waals surface area (Å²) < 4.78 is 59.2. The van der Waals surface area contributed by atoms with Crippen LogP contribution in [0.2, 0.25) is 0 Å². The number of rotatable bonds is 25. The normalized spacial score (nSPS) is 32.4. The van der Waals surface area contributed by atoms with Crippen molar-refractivity contribution in [2.45, 2.75) is 164 Å². The quantitative estimate of drug-likeness (QED) is 0.0541. The summed E-state index contributed by atoms with van der Waals surface area (Å²) >= 11 is 0. The third-order valence-electron chi connectivity index (χ3n) is 8.52. The van der Waals surface area contributed by atoms with Crippen LogP contribution in [0.3, 0.4) is 0 Å². The van der Waals surface area contributed by atoms with E-state index in [2.05, 4.69) is 11.1 Å². The molecule has 45 heavy (non-hydrogen) atoms. The van der Waals surface area contributed by atoms with Crippen LogP contribution in [0.15, 0.2) is 0 Å². The Morgan fingerprint density at radius 2 is 1.16 bits per heavy atom. The van der Waals surface area contributed by atoms with Crippen molar-refractivity contribution in [1.82, 2.24) is 0 Å². The first-order chi connectivity index (χ1) is 21.5. The molecule has 7 N–H and O–H groups in total. The highest BCUT2D eigenvalue weighted by atomic mass is 32.3. The summed E-state index contributed by atoms with van der Waals surface area (Å²) in [5, 5.41) is 60.8. The number of hydrogen-bond donors (Lipinski definition) is 7. The molecule has 0 unspecified atom stereocenters. The van der Waals surface area contributed by atoms with Gasteiger partial charge in [-0.1, -0.05) is 103 Å². The molecular formula is C30H58O14S. The summed E-state index contributed by atoms with van der Waals surface area (Å²) in [4.78, 5) is 0. The van der Waals surface area contributed by atoms with Crippen LogP contribution in [0.4, 0.5) is 0 Å². The fraction of sp³-hybridized carbons (Fsp3) is 1.00.